The molecule has 0 saturated heterocycles. The fraction of sp³-hybridized carbons (Fsp3) is 0.0833. The van der Waals surface area contributed by atoms with Gasteiger partial charge >= 0.3 is 0 Å². The van der Waals surface area contributed by atoms with Crippen molar-refractivity contribution in [3.63, 3.8) is 0 Å². The zero-order valence-electron chi connectivity index (χ0n) is 15.8. The van der Waals surface area contributed by atoms with Crippen molar-refractivity contribution < 1.29 is 4.74 Å². The molecule has 1 aromatic heterocycles. The van der Waals surface area contributed by atoms with E-state index in [1.165, 1.54) is 5.56 Å². The van der Waals surface area contributed by atoms with Gasteiger partial charge in [0.25, 0.3) is 5.56 Å². The molecule has 0 spiro atoms. The highest BCUT2D eigenvalue weighted by Gasteiger charge is 2.11. The van der Waals surface area contributed by atoms with Gasteiger partial charge in [-0.1, -0.05) is 48.0 Å². The maximum Gasteiger partial charge on any atom is 0.266 e. The van der Waals surface area contributed by atoms with Crippen LogP contribution in [0.1, 0.15) is 17.0 Å². The maximum atomic E-state index is 13.2. The Morgan fingerprint density at radius 1 is 0.929 bits per heavy atom. The molecule has 3 aromatic carbocycles. The summed E-state index contributed by atoms with van der Waals surface area (Å²) in [7, 11) is 1.62. The number of ether oxygens (including phenoxy) is 1. The molecule has 4 aromatic rings. The van der Waals surface area contributed by atoms with Gasteiger partial charge in [0, 0.05) is 0 Å². The zero-order valence-corrected chi connectivity index (χ0v) is 15.8. The SMILES string of the molecule is COc1ccc(-n2c(/C=C\c3cccc(C)c3)nc3ccccc3c2=O)cc1. The molecule has 0 aliphatic carbocycles. The Morgan fingerprint density at radius 2 is 1.71 bits per heavy atom. The normalized spacial score (nSPS) is 11.2. The summed E-state index contributed by atoms with van der Waals surface area (Å²) in [5.74, 6) is 1.32. The summed E-state index contributed by atoms with van der Waals surface area (Å²) in [4.78, 5) is 18.0. The minimum absolute atomic E-state index is 0.0975. The first kappa shape index (κ1) is 17.7. The molecule has 1 heterocycles. The average Bonchev–Trinajstić information content (AvgIpc) is 2.73. The summed E-state index contributed by atoms with van der Waals surface area (Å²) >= 11 is 0. The molecule has 138 valence electrons. The van der Waals surface area contributed by atoms with Gasteiger partial charge in [0.2, 0.25) is 0 Å². The number of para-hydroxylation sites is 1. The van der Waals surface area contributed by atoms with Crippen LogP contribution in [0.4, 0.5) is 0 Å². The van der Waals surface area contributed by atoms with E-state index < -0.39 is 0 Å². The lowest BCUT2D eigenvalue weighted by molar-refractivity contribution is 0.414. The molecule has 0 aliphatic heterocycles. The summed E-state index contributed by atoms with van der Waals surface area (Å²) in [6.07, 6.45) is 3.86. The molecule has 4 nitrogen and oxygen atoms in total. The van der Waals surface area contributed by atoms with Gasteiger partial charge in [0.05, 0.1) is 23.7 Å². The Morgan fingerprint density at radius 3 is 2.46 bits per heavy atom. The number of nitrogens with zero attached hydrogens (tertiary/aromatic N) is 2. The Kier molecular flexibility index (Phi) is 4.77. The second-order valence-electron chi connectivity index (χ2n) is 6.57. The van der Waals surface area contributed by atoms with Crippen LogP contribution in [0.25, 0.3) is 28.7 Å². The third-order valence-electron chi connectivity index (χ3n) is 4.60. The van der Waals surface area contributed by atoms with Crippen LogP contribution in [-0.2, 0) is 0 Å². The van der Waals surface area contributed by atoms with Crippen molar-refractivity contribution in [1.82, 2.24) is 9.55 Å². The average molecular weight is 368 g/mol. The van der Waals surface area contributed by atoms with Gasteiger partial charge in [-0.05, 0) is 55.0 Å². The van der Waals surface area contributed by atoms with Crippen molar-refractivity contribution in [2.45, 2.75) is 6.92 Å². The summed E-state index contributed by atoms with van der Waals surface area (Å²) in [5.41, 5.74) is 3.57. The molecule has 4 heteroatoms. The first-order chi connectivity index (χ1) is 13.7. The summed E-state index contributed by atoms with van der Waals surface area (Å²) in [5, 5.41) is 0.589. The van der Waals surface area contributed by atoms with Crippen LogP contribution in [-0.4, -0.2) is 16.7 Å². The lowest BCUT2D eigenvalue weighted by Crippen LogP contribution is -2.22. The van der Waals surface area contributed by atoms with E-state index in [4.69, 9.17) is 9.72 Å². The Hall–Kier alpha value is -3.66. The molecule has 28 heavy (non-hydrogen) atoms. The van der Waals surface area contributed by atoms with Crippen molar-refractivity contribution in [3.05, 3.63) is 100 Å². The standard InChI is InChI=1S/C24H20N2O2/c1-17-6-5-7-18(16-17)10-15-23-25-22-9-4-3-8-21(22)24(27)26(23)19-11-13-20(28-2)14-12-19/h3-16H,1-2H3/b15-10-. The highest BCUT2D eigenvalue weighted by molar-refractivity contribution is 5.80. The fourth-order valence-electron chi connectivity index (χ4n) is 3.19. The maximum absolute atomic E-state index is 13.2. The van der Waals surface area contributed by atoms with Crippen LogP contribution < -0.4 is 10.3 Å². The summed E-state index contributed by atoms with van der Waals surface area (Å²) in [6.45, 7) is 2.05. The number of rotatable bonds is 4. The van der Waals surface area contributed by atoms with Gasteiger partial charge in [-0.15, -0.1) is 0 Å². The Bertz CT molecular complexity index is 1220. The van der Waals surface area contributed by atoms with E-state index in [-0.39, 0.29) is 5.56 Å². The molecule has 0 N–H and O–H groups in total. The molecule has 0 aliphatic rings. The van der Waals surface area contributed by atoms with Crippen LogP contribution >= 0.6 is 0 Å². The predicted octanol–water partition coefficient (Wildman–Crippen LogP) is 4.87. The van der Waals surface area contributed by atoms with Crippen molar-refractivity contribution in [3.8, 4) is 11.4 Å². The topological polar surface area (TPSA) is 44.1 Å². The number of aryl methyl sites for hydroxylation is 1. The predicted molar refractivity (Wildman–Crippen MR) is 114 cm³/mol. The van der Waals surface area contributed by atoms with Gasteiger partial charge < -0.3 is 4.74 Å². The first-order valence-corrected chi connectivity index (χ1v) is 9.07. The highest BCUT2D eigenvalue weighted by atomic mass is 16.5. The molecule has 0 unspecified atom stereocenters. The monoisotopic (exact) mass is 368 g/mol. The van der Waals surface area contributed by atoms with E-state index in [0.29, 0.717) is 16.7 Å². The Balaban J connectivity index is 1.91. The minimum atomic E-state index is -0.0975. The molecule has 0 radical (unpaired) electrons. The molecule has 0 bridgehead atoms. The largest absolute Gasteiger partial charge is 0.497 e. The van der Waals surface area contributed by atoms with E-state index in [9.17, 15) is 4.79 Å². The number of aromatic nitrogens is 2. The van der Waals surface area contributed by atoms with E-state index in [1.807, 2.05) is 66.7 Å². The lowest BCUT2D eigenvalue weighted by atomic mass is 10.1. The second kappa shape index (κ2) is 7.53. The molecular weight excluding hydrogens is 348 g/mol. The smallest absolute Gasteiger partial charge is 0.266 e. The van der Waals surface area contributed by atoms with Gasteiger partial charge in [-0.2, -0.15) is 0 Å². The van der Waals surface area contributed by atoms with E-state index in [2.05, 4.69) is 19.1 Å². The molecule has 0 fully saturated rings. The minimum Gasteiger partial charge on any atom is -0.497 e. The number of hydrogen-bond donors (Lipinski definition) is 0. The quantitative estimate of drug-likeness (QED) is 0.516. The third kappa shape index (κ3) is 3.45. The second-order valence-corrected chi connectivity index (χ2v) is 6.57. The van der Waals surface area contributed by atoms with E-state index in [0.717, 1.165) is 17.0 Å². The van der Waals surface area contributed by atoms with Crippen LogP contribution in [0.2, 0.25) is 0 Å². The van der Waals surface area contributed by atoms with Crippen LogP contribution in [0, 0.1) is 6.92 Å². The molecule has 0 saturated carbocycles. The Labute approximate surface area is 163 Å². The molecule has 0 atom stereocenters. The number of hydrogen-bond acceptors (Lipinski definition) is 3. The van der Waals surface area contributed by atoms with Crippen molar-refractivity contribution >= 4 is 23.1 Å². The van der Waals surface area contributed by atoms with Crippen molar-refractivity contribution in [1.29, 1.82) is 0 Å². The van der Waals surface area contributed by atoms with Crippen LogP contribution in [0.15, 0.2) is 77.6 Å². The number of methoxy groups -OCH3 is 1. The van der Waals surface area contributed by atoms with E-state index in [1.54, 1.807) is 17.7 Å². The molecule has 0 amide bonds. The van der Waals surface area contributed by atoms with Crippen LogP contribution in [0.5, 0.6) is 5.75 Å². The van der Waals surface area contributed by atoms with Gasteiger partial charge in [-0.25, -0.2) is 4.98 Å². The third-order valence-corrected chi connectivity index (χ3v) is 4.60. The fourth-order valence-corrected chi connectivity index (χ4v) is 3.19. The van der Waals surface area contributed by atoms with E-state index >= 15 is 0 Å². The van der Waals surface area contributed by atoms with Crippen molar-refractivity contribution in [2.24, 2.45) is 0 Å². The highest BCUT2D eigenvalue weighted by Crippen LogP contribution is 2.18. The number of benzene rings is 3. The van der Waals surface area contributed by atoms with Gasteiger partial charge in [0.1, 0.15) is 11.6 Å². The summed E-state index contributed by atoms with van der Waals surface area (Å²) in [6, 6.07) is 23.0. The van der Waals surface area contributed by atoms with Gasteiger partial charge in [0.15, 0.2) is 0 Å². The van der Waals surface area contributed by atoms with Gasteiger partial charge in [-0.3, -0.25) is 9.36 Å². The number of fused-ring (bicyclic) bond motifs is 1. The zero-order chi connectivity index (χ0) is 19.5. The first-order valence-electron chi connectivity index (χ1n) is 9.07. The molecule has 4 rings (SSSR count). The molecular formula is C24H20N2O2. The summed E-state index contributed by atoms with van der Waals surface area (Å²) < 4.78 is 6.87. The van der Waals surface area contributed by atoms with Crippen LogP contribution in [0.3, 0.4) is 0 Å². The lowest BCUT2D eigenvalue weighted by Gasteiger charge is -2.12. The van der Waals surface area contributed by atoms with Crippen molar-refractivity contribution in [2.75, 3.05) is 7.11 Å².